The second-order valence-corrected chi connectivity index (χ2v) is 6.65. The smallest absolute Gasteiger partial charge is 0.328 e. The molecule has 0 radical (unpaired) electrons. The number of rotatable bonds is 8. The summed E-state index contributed by atoms with van der Waals surface area (Å²) >= 11 is 0. The minimum Gasteiger partial charge on any atom is -0.478 e. The predicted octanol–water partition coefficient (Wildman–Crippen LogP) is 1.94. The van der Waals surface area contributed by atoms with Gasteiger partial charge in [0.15, 0.2) is 0 Å². The second kappa shape index (κ2) is 12.9. The number of aliphatic hydroxyl groups excluding tert-OH is 1. The van der Waals surface area contributed by atoms with E-state index in [1.807, 2.05) is 0 Å². The van der Waals surface area contributed by atoms with Crippen LogP contribution in [0.1, 0.15) is 57.8 Å². The fourth-order valence-electron chi connectivity index (χ4n) is 3.11. The molecule has 7 nitrogen and oxygen atoms in total. The van der Waals surface area contributed by atoms with Crippen LogP contribution >= 0.6 is 0 Å². The molecule has 2 rings (SSSR count). The van der Waals surface area contributed by atoms with Crippen molar-refractivity contribution >= 4 is 11.9 Å². The summed E-state index contributed by atoms with van der Waals surface area (Å²) in [6.45, 7) is 1.20. The van der Waals surface area contributed by atoms with Gasteiger partial charge in [-0.25, -0.2) is 9.59 Å². The Hall–Kier alpha value is -1.44. The van der Waals surface area contributed by atoms with Crippen molar-refractivity contribution < 1.29 is 29.6 Å². The number of hydrogen-bond acceptors (Lipinski definition) is 5. The Kier molecular flexibility index (Phi) is 11.1. The van der Waals surface area contributed by atoms with Gasteiger partial charge in [-0.05, 0) is 25.7 Å². The Morgan fingerprint density at radius 1 is 0.960 bits per heavy atom. The van der Waals surface area contributed by atoms with Gasteiger partial charge in [0.2, 0.25) is 0 Å². The average molecular weight is 357 g/mol. The van der Waals surface area contributed by atoms with Crippen LogP contribution in [0.25, 0.3) is 0 Å². The summed E-state index contributed by atoms with van der Waals surface area (Å²) in [5.74, 6) is -2.51. The number of carbonyl (C=O) groups is 2. The minimum atomic E-state index is -1.26. The van der Waals surface area contributed by atoms with E-state index < -0.39 is 11.9 Å². The Morgan fingerprint density at radius 2 is 1.48 bits per heavy atom. The molecule has 7 heteroatoms. The van der Waals surface area contributed by atoms with Gasteiger partial charge >= 0.3 is 11.9 Å². The SMILES string of the molecule is O=C(O)/C=C/C(=O)O.OC(CNC1CCCC1)COC1CCCCC1. The molecule has 25 heavy (non-hydrogen) atoms. The average Bonchev–Trinajstić information content (AvgIpc) is 3.11. The highest BCUT2D eigenvalue weighted by atomic mass is 16.5. The summed E-state index contributed by atoms with van der Waals surface area (Å²) in [5, 5.41) is 28.9. The lowest BCUT2D eigenvalue weighted by Crippen LogP contribution is -2.37. The van der Waals surface area contributed by atoms with Gasteiger partial charge in [0, 0.05) is 24.7 Å². The van der Waals surface area contributed by atoms with Gasteiger partial charge in [0.1, 0.15) is 0 Å². The molecule has 1 unspecified atom stereocenters. The molecule has 0 spiro atoms. The second-order valence-electron chi connectivity index (χ2n) is 6.65. The van der Waals surface area contributed by atoms with E-state index in [0.717, 1.165) is 0 Å². The number of ether oxygens (including phenoxy) is 1. The zero-order valence-corrected chi connectivity index (χ0v) is 14.7. The van der Waals surface area contributed by atoms with Crippen molar-refractivity contribution in [2.75, 3.05) is 13.2 Å². The lowest BCUT2D eigenvalue weighted by Gasteiger charge is -2.24. The first-order chi connectivity index (χ1) is 12.0. The molecule has 0 amide bonds. The molecule has 2 fully saturated rings. The number of hydrogen-bond donors (Lipinski definition) is 4. The van der Waals surface area contributed by atoms with E-state index in [9.17, 15) is 14.7 Å². The van der Waals surface area contributed by atoms with Crippen LogP contribution in [0.15, 0.2) is 12.2 Å². The Morgan fingerprint density at radius 3 is 2.00 bits per heavy atom. The summed E-state index contributed by atoms with van der Waals surface area (Å²) in [4.78, 5) is 19.1. The summed E-state index contributed by atoms with van der Waals surface area (Å²) in [6.07, 6.45) is 12.7. The lowest BCUT2D eigenvalue weighted by atomic mass is 9.98. The van der Waals surface area contributed by atoms with E-state index >= 15 is 0 Å². The first-order valence-corrected chi connectivity index (χ1v) is 9.14. The van der Waals surface area contributed by atoms with Gasteiger partial charge in [-0.15, -0.1) is 0 Å². The van der Waals surface area contributed by atoms with E-state index in [4.69, 9.17) is 14.9 Å². The van der Waals surface area contributed by atoms with Gasteiger partial charge in [-0.3, -0.25) is 0 Å². The van der Waals surface area contributed by atoms with Crippen molar-refractivity contribution in [3.05, 3.63) is 12.2 Å². The highest BCUT2D eigenvalue weighted by Crippen LogP contribution is 2.20. The van der Waals surface area contributed by atoms with Crippen molar-refractivity contribution in [2.24, 2.45) is 0 Å². The molecule has 0 saturated heterocycles. The Balaban J connectivity index is 0.000000333. The van der Waals surface area contributed by atoms with Crippen LogP contribution in [-0.2, 0) is 14.3 Å². The van der Waals surface area contributed by atoms with Crippen molar-refractivity contribution in [3.8, 4) is 0 Å². The quantitative estimate of drug-likeness (QED) is 0.491. The molecule has 144 valence electrons. The third-order valence-corrected chi connectivity index (χ3v) is 4.44. The monoisotopic (exact) mass is 357 g/mol. The number of nitrogens with one attached hydrogen (secondary N) is 1. The number of aliphatic carboxylic acids is 2. The predicted molar refractivity (Wildman–Crippen MR) is 93.5 cm³/mol. The van der Waals surface area contributed by atoms with Crippen LogP contribution in [0.5, 0.6) is 0 Å². The number of aliphatic hydroxyl groups is 1. The van der Waals surface area contributed by atoms with E-state index in [-0.39, 0.29) is 6.10 Å². The molecular weight excluding hydrogens is 326 g/mol. The van der Waals surface area contributed by atoms with Crippen molar-refractivity contribution in [2.45, 2.75) is 76.0 Å². The molecule has 2 aliphatic carbocycles. The third-order valence-electron chi connectivity index (χ3n) is 4.44. The molecule has 0 heterocycles. The standard InChI is InChI=1S/C14H27NO2.C4H4O4/c16-13(10-15-12-6-4-5-7-12)11-17-14-8-2-1-3-9-14;5-3(6)1-2-4(7)8/h12-16H,1-11H2;1-2H,(H,5,6)(H,7,8)/b;2-1+. The first kappa shape index (κ1) is 21.6. The maximum absolute atomic E-state index is 9.85. The maximum atomic E-state index is 9.85. The van der Waals surface area contributed by atoms with E-state index in [1.54, 1.807) is 0 Å². The molecule has 0 aliphatic heterocycles. The van der Waals surface area contributed by atoms with Crippen LogP contribution in [0, 0.1) is 0 Å². The van der Waals surface area contributed by atoms with Gasteiger partial charge < -0.3 is 25.4 Å². The van der Waals surface area contributed by atoms with Crippen LogP contribution in [-0.4, -0.2) is 58.7 Å². The van der Waals surface area contributed by atoms with Crippen molar-refractivity contribution in [3.63, 3.8) is 0 Å². The highest BCUT2D eigenvalue weighted by molar-refractivity contribution is 5.89. The van der Waals surface area contributed by atoms with Crippen molar-refractivity contribution in [1.29, 1.82) is 0 Å². The topological polar surface area (TPSA) is 116 Å². The van der Waals surface area contributed by atoms with Crippen LogP contribution in [0.3, 0.4) is 0 Å². The van der Waals surface area contributed by atoms with E-state index in [2.05, 4.69) is 5.32 Å². The fourth-order valence-corrected chi connectivity index (χ4v) is 3.11. The van der Waals surface area contributed by atoms with Gasteiger partial charge in [-0.1, -0.05) is 32.1 Å². The molecule has 2 saturated carbocycles. The van der Waals surface area contributed by atoms with Crippen LogP contribution in [0.4, 0.5) is 0 Å². The largest absolute Gasteiger partial charge is 0.478 e. The zero-order chi connectivity index (χ0) is 18.5. The molecule has 2 aliphatic rings. The first-order valence-electron chi connectivity index (χ1n) is 9.14. The van der Waals surface area contributed by atoms with Gasteiger partial charge in [-0.2, -0.15) is 0 Å². The Bertz CT molecular complexity index is 398. The number of carboxylic acid groups (broad SMARTS) is 2. The highest BCUT2D eigenvalue weighted by Gasteiger charge is 2.18. The summed E-state index contributed by atoms with van der Waals surface area (Å²) in [7, 11) is 0. The Labute approximate surface area is 149 Å². The molecule has 4 N–H and O–H groups in total. The fraction of sp³-hybridized carbons (Fsp3) is 0.778. The van der Waals surface area contributed by atoms with Gasteiger partial charge in [0.05, 0.1) is 18.8 Å². The van der Waals surface area contributed by atoms with Crippen LogP contribution in [0.2, 0.25) is 0 Å². The van der Waals surface area contributed by atoms with Gasteiger partial charge in [0.25, 0.3) is 0 Å². The minimum absolute atomic E-state index is 0.336. The molecule has 1 atom stereocenters. The zero-order valence-electron chi connectivity index (χ0n) is 14.7. The lowest BCUT2D eigenvalue weighted by molar-refractivity contribution is -0.134. The summed E-state index contributed by atoms with van der Waals surface area (Å²) < 4.78 is 5.77. The molecule has 0 aromatic rings. The van der Waals surface area contributed by atoms with E-state index in [0.29, 0.717) is 37.4 Å². The molecule has 0 bridgehead atoms. The summed E-state index contributed by atoms with van der Waals surface area (Å²) in [5.41, 5.74) is 0. The third kappa shape index (κ3) is 11.7. The maximum Gasteiger partial charge on any atom is 0.328 e. The summed E-state index contributed by atoms with van der Waals surface area (Å²) in [6, 6.07) is 0.638. The van der Waals surface area contributed by atoms with Crippen molar-refractivity contribution in [1.82, 2.24) is 5.32 Å². The molecular formula is C18H31NO6. The molecule has 0 aromatic carbocycles. The number of carboxylic acids is 2. The molecule has 0 aromatic heterocycles. The van der Waals surface area contributed by atoms with Crippen LogP contribution < -0.4 is 5.32 Å². The van der Waals surface area contributed by atoms with E-state index in [1.165, 1.54) is 57.8 Å². The normalized spacial score (nSPS) is 20.2.